The molecule has 2 fully saturated rings. The fourth-order valence-corrected chi connectivity index (χ4v) is 3.56. The van der Waals surface area contributed by atoms with Crippen LogP contribution in [0.2, 0.25) is 0 Å². The molecular formula is C16H21N3O. The molecule has 20 heavy (non-hydrogen) atoms. The van der Waals surface area contributed by atoms with Crippen molar-refractivity contribution in [1.82, 2.24) is 14.8 Å². The van der Waals surface area contributed by atoms with Crippen LogP contribution in [0.25, 0.3) is 0 Å². The summed E-state index contributed by atoms with van der Waals surface area (Å²) >= 11 is 0. The molecule has 3 heterocycles. The summed E-state index contributed by atoms with van der Waals surface area (Å²) in [5.74, 6) is 0.133. The Kier molecular flexibility index (Phi) is 3.57. The molecule has 1 amide bonds. The van der Waals surface area contributed by atoms with Gasteiger partial charge in [-0.1, -0.05) is 6.08 Å². The number of nitrogens with zero attached hydrogens (tertiary/aromatic N) is 3. The minimum atomic E-state index is 0.133. The molecule has 1 aromatic rings. The first kappa shape index (κ1) is 13.3. The molecule has 3 rings (SSSR count). The largest absolute Gasteiger partial charge is 0.334 e. The lowest BCUT2D eigenvalue weighted by molar-refractivity contribution is 0.0732. The van der Waals surface area contributed by atoms with E-state index < -0.39 is 0 Å². The van der Waals surface area contributed by atoms with Gasteiger partial charge >= 0.3 is 0 Å². The summed E-state index contributed by atoms with van der Waals surface area (Å²) in [6, 6.07) is 2.80. The van der Waals surface area contributed by atoms with Gasteiger partial charge in [0.15, 0.2) is 0 Å². The van der Waals surface area contributed by atoms with Crippen molar-refractivity contribution in [2.24, 2.45) is 0 Å². The van der Waals surface area contributed by atoms with Gasteiger partial charge < -0.3 is 4.90 Å². The van der Waals surface area contributed by atoms with Crippen molar-refractivity contribution >= 4 is 5.91 Å². The Morgan fingerprint density at radius 2 is 2.20 bits per heavy atom. The van der Waals surface area contributed by atoms with Crippen LogP contribution in [0.3, 0.4) is 0 Å². The maximum atomic E-state index is 12.7. The molecule has 0 aliphatic carbocycles. The Morgan fingerprint density at radius 3 is 2.95 bits per heavy atom. The second-order valence-electron chi connectivity index (χ2n) is 5.75. The van der Waals surface area contributed by atoms with Crippen LogP contribution < -0.4 is 0 Å². The number of hydrogen-bond donors (Lipinski definition) is 0. The van der Waals surface area contributed by atoms with Gasteiger partial charge in [-0.05, 0) is 31.4 Å². The molecule has 0 bridgehead atoms. The average molecular weight is 271 g/mol. The summed E-state index contributed by atoms with van der Waals surface area (Å²) in [5.41, 5.74) is 1.75. The van der Waals surface area contributed by atoms with E-state index in [2.05, 4.69) is 16.5 Å². The van der Waals surface area contributed by atoms with Crippen LogP contribution in [0.4, 0.5) is 0 Å². The fourth-order valence-electron chi connectivity index (χ4n) is 3.56. The van der Waals surface area contributed by atoms with E-state index in [1.54, 1.807) is 12.4 Å². The first-order valence-corrected chi connectivity index (χ1v) is 7.28. The lowest BCUT2D eigenvalue weighted by Gasteiger charge is -2.25. The van der Waals surface area contributed by atoms with Crippen LogP contribution in [-0.4, -0.2) is 52.4 Å². The van der Waals surface area contributed by atoms with Gasteiger partial charge in [-0.15, -0.1) is 6.58 Å². The van der Waals surface area contributed by atoms with Crippen molar-refractivity contribution in [2.45, 2.75) is 31.8 Å². The second-order valence-corrected chi connectivity index (χ2v) is 5.75. The molecule has 0 aromatic carbocycles. The SMILES string of the molecule is C=CCN1CC[C@H]2[C@H]1CCN2C(=O)c1cncc(C)c1. The van der Waals surface area contributed by atoms with Gasteiger partial charge in [0.1, 0.15) is 0 Å². The number of rotatable bonds is 3. The first-order valence-electron chi connectivity index (χ1n) is 7.28. The number of likely N-dealkylation sites (tertiary alicyclic amines) is 2. The molecule has 4 heteroatoms. The standard InChI is InChI=1S/C16H21N3O/c1-3-6-18-7-4-15-14(18)5-8-19(15)16(20)13-9-12(2)10-17-11-13/h3,9-11,14-15H,1,4-8H2,2H3/t14-,15+/m1/s1. The third-order valence-corrected chi connectivity index (χ3v) is 4.44. The van der Waals surface area contributed by atoms with Gasteiger partial charge in [0.05, 0.1) is 5.56 Å². The lowest BCUT2D eigenvalue weighted by Crippen LogP contribution is -2.39. The highest BCUT2D eigenvalue weighted by Crippen LogP contribution is 2.32. The van der Waals surface area contributed by atoms with E-state index in [-0.39, 0.29) is 5.91 Å². The highest BCUT2D eigenvalue weighted by atomic mass is 16.2. The monoisotopic (exact) mass is 271 g/mol. The summed E-state index contributed by atoms with van der Waals surface area (Å²) in [6.07, 6.45) is 7.56. The van der Waals surface area contributed by atoms with Gasteiger partial charge in [0.25, 0.3) is 5.91 Å². The normalized spacial score (nSPS) is 25.8. The second kappa shape index (κ2) is 5.37. The number of amides is 1. The Labute approximate surface area is 120 Å². The topological polar surface area (TPSA) is 36.4 Å². The zero-order valence-corrected chi connectivity index (χ0v) is 12.0. The van der Waals surface area contributed by atoms with Crippen molar-refractivity contribution in [1.29, 1.82) is 0 Å². The van der Waals surface area contributed by atoms with Crippen LogP contribution in [0.1, 0.15) is 28.8 Å². The van der Waals surface area contributed by atoms with Crippen molar-refractivity contribution in [3.63, 3.8) is 0 Å². The third-order valence-electron chi connectivity index (χ3n) is 4.44. The zero-order valence-electron chi connectivity index (χ0n) is 12.0. The van der Waals surface area contributed by atoms with Gasteiger partial charge in [0, 0.05) is 44.1 Å². The van der Waals surface area contributed by atoms with Crippen molar-refractivity contribution < 1.29 is 4.79 Å². The van der Waals surface area contributed by atoms with Crippen LogP contribution in [0.15, 0.2) is 31.1 Å². The predicted octanol–water partition coefficient (Wildman–Crippen LogP) is 1.86. The molecule has 0 radical (unpaired) electrons. The number of carbonyl (C=O) groups excluding carboxylic acids is 1. The van der Waals surface area contributed by atoms with Gasteiger partial charge in [0.2, 0.25) is 0 Å². The smallest absolute Gasteiger partial charge is 0.255 e. The highest BCUT2D eigenvalue weighted by Gasteiger charge is 2.43. The lowest BCUT2D eigenvalue weighted by atomic mass is 10.1. The average Bonchev–Trinajstić information content (AvgIpc) is 3.01. The number of carbonyl (C=O) groups is 1. The molecule has 1 aromatic heterocycles. The predicted molar refractivity (Wildman–Crippen MR) is 78.6 cm³/mol. The van der Waals surface area contributed by atoms with E-state index in [0.29, 0.717) is 17.6 Å². The number of fused-ring (bicyclic) bond motifs is 1. The Balaban J connectivity index is 1.76. The number of aryl methyl sites for hydroxylation is 1. The van der Waals surface area contributed by atoms with Crippen LogP contribution >= 0.6 is 0 Å². The van der Waals surface area contributed by atoms with E-state index in [0.717, 1.165) is 38.0 Å². The van der Waals surface area contributed by atoms with Crippen LogP contribution in [0.5, 0.6) is 0 Å². The molecule has 4 nitrogen and oxygen atoms in total. The van der Waals surface area contributed by atoms with E-state index in [1.807, 2.05) is 24.0 Å². The molecule has 0 saturated carbocycles. The Hall–Kier alpha value is -1.68. The maximum Gasteiger partial charge on any atom is 0.255 e. The molecule has 2 aliphatic rings. The number of aromatic nitrogens is 1. The fraction of sp³-hybridized carbons (Fsp3) is 0.500. The van der Waals surface area contributed by atoms with Crippen molar-refractivity contribution in [3.05, 3.63) is 42.2 Å². The van der Waals surface area contributed by atoms with Crippen LogP contribution in [-0.2, 0) is 0 Å². The first-order chi connectivity index (χ1) is 9.70. The third kappa shape index (κ3) is 2.24. The molecule has 2 saturated heterocycles. The summed E-state index contributed by atoms with van der Waals surface area (Å²) in [4.78, 5) is 21.3. The Bertz CT molecular complexity index is 528. The molecule has 106 valence electrons. The molecule has 0 spiro atoms. The number of pyridine rings is 1. The molecule has 0 N–H and O–H groups in total. The highest BCUT2D eigenvalue weighted by molar-refractivity contribution is 5.94. The zero-order chi connectivity index (χ0) is 14.1. The maximum absolute atomic E-state index is 12.7. The van der Waals surface area contributed by atoms with Crippen molar-refractivity contribution in [3.8, 4) is 0 Å². The Morgan fingerprint density at radius 1 is 1.40 bits per heavy atom. The van der Waals surface area contributed by atoms with E-state index in [1.165, 1.54) is 0 Å². The van der Waals surface area contributed by atoms with E-state index in [4.69, 9.17) is 0 Å². The van der Waals surface area contributed by atoms with E-state index in [9.17, 15) is 4.79 Å². The summed E-state index contributed by atoms with van der Waals surface area (Å²) in [5, 5.41) is 0. The molecule has 0 unspecified atom stereocenters. The quantitative estimate of drug-likeness (QED) is 0.787. The van der Waals surface area contributed by atoms with Crippen LogP contribution in [0, 0.1) is 6.92 Å². The van der Waals surface area contributed by atoms with E-state index >= 15 is 0 Å². The van der Waals surface area contributed by atoms with Gasteiger partial charge in [-0.2, -0.15) is 0 Å². The molecule has 2 aliphatic heterocycles. The minimum Gasteiger partial charge on any atom is -0.334 e. The van der Waals surface area contributed by atoms with Gasteiger partial charge in [-0.25, -0.2) is 0 Å². The number of hydrogen-bond acceptors (Lipinski definition) is 3. The molecular weight excluding hydrogens is 250 g/mol. The van der Waals surface area contributed by atoms with Gasteiger partial charge in [-0.3, -0.25) is 14.7 Å². The minimum absolute atomic E-state index is 0.133. The van der Waals surface area contributed by atoms with Crippen molar-refractivity contribution in [2.75, 3.05) is 19.6 Å². The summed E-state index contributed by atoms with van der Waals surface area (Å²) in [7, 11) is 0. The molecule has 2 atom stereocenters. The summed E-state index contributed by atoms with van der Waals surface area (Å²) in [6.45, 7) is 8.64. The summed E-state index contributed by atoms with van der Waals surface area (Å²) < 4.78 is 0.